The molecule has 0 aromatic carbocycles. The topological polar surface area (TPSA) is 64.6 Å². The molecule has 1 amide bonds. The molecule has 0 radical (unpaired) electrons. The molecule has 0 bridgehead atoms. The summed E-state index contributed by atoms with van der Waals surface area (Å²) in [5.41, 5.74) is -0.619. The van der Waals surface area contributed by atoms with Gasteiger partial charge in [-0.1, -0.05) is 5.92 Å². The minimum atomic E-state index is -0.833. The third kappa shape index (κ3) is 7.64. The quantitative estimate of drug-likeness (QED) is 0.638. The highest BCUT2D eigenvalue weighted by molar-refractivity contribution is 9.12. The van der Waals surface area contributed by atoms with Gasteiger partial charge >= 0.3 is 12.1 Å². The molecular formula is C11H16BrNO4. The first-order valence-corrected chi connectivity index (χ1v) is 5.75. The van der Waals surface area contributed by atoms with E-state index in [1.165, 1.54) is 7.11 Å². The smallest absolute Gasteiger partial charge is 0.408 e. The molecule has 17 heavy (non-hydrogen) atoms. The van der Waals surface area contributed by atoms with Crippen molar-refractivity contribution in [2.75, 3.05) is 7.11 Å². The summed E-state index contributed by atoms with van der Waals surface area (Å²) in [6, 6.07) is -0.833. The number of nitrogens with one attached hydrogen (secondary N) is 1. The van der Waals surface area contributed by atoms with Gasteiger partial charge in [-0.3, -0.25) is 0 Å². The number of rotatable bonds is 3. The highest BCUT2D eigenvalue weighted by Gasteiger charge is 2.24. The molecule has 5 nitrogen and oxygen atoms in total. The van der Waals surface area contributed by atoms with Crippen LogP contribution in [0.3, 0.4) is 0 Å². The van der Waals surface area contributed by atoms with E-state index in [0.29, 0.717) is 0 Å². The zero-order valence-corrected chi connectivity index (χ0v) is 11.9. The lowest BCUT2D eigenvalue weighted by Gasteiger charge is -2.21. The predicted octanol–water partition coefficient (Wildman–Crippen LogP) is 1.80. The molecule has 1 atom stereocenters. The summed E-state index contributed by atoms with van der Waals surface area (Å²) in [6.45, 7) is 5.20. The predicted molar refractivity (Wildman–Crippen MR) is 66.5 cm³/mol. The number of esters is 1. The van der Waals surface area contributed by atoms with Crippen molar-refractivity contribution < 1.29 is 19.1 Å². The largest absolute Gasteiger partial charge is 0.467 e. The van der Waals surface area contributed by atoms with Crippen molar-refractivity contribution in [2.45, 2.75) is 38.8 Å². The highest BCUT2D eigenvalue weighted by Crippen LogP contribution is 2.07. The van der Waals surface area contributed by atoms with Gasteiger partial charge in [0.05, 0.1) is 7.11 Å². The molecule has 0 aromatic rings. The Morgan fingerprint density at radius 3 is 2.41 bits per heavy atom. The second-order valence-electron chi connectivity index (χ2n) is 4.20. The van der Waals surface area contributed by atoms with E-state index in [1.807, 2.05) is 0 Å². The van der Waals surface area contributed by atoms with E-state index in [4.69, 9.17) is 4.74 Å². The van der Waals surface area contributed by atoms with Crippen LogP contribution >= 0.6 is 15.9 Å². The van der Waals surface area contributed by atoms with E-state index in [2.05, 4.69) is 36.7 Å². The lowest BCUT2D eigenvalue weighted by atomic mass is 10.2. The molecule has 6 heteroatoms. The minimum absolute atomic E-state index is 0.150. The monoisotopic (exact) mass is 305 g/mol. The van der Waals surface area contributed by atoms with Crippen molar-refractivity contribution in [3.8, 4) is 10.8 Å². The zero-order chi connectivity index (χ0) is 13.5. The van der Waals surface area contributed by atoms with Crippen molar-refractivity contribution in [2.24, 2.45) is 0 Å². The van der Waals surface area contributed by atoms with Gasteiger partial charge in [0.15, 0.2) is 0 Å². The van der Waals surface area contributed by atoms with Crippen LogP contribution in [0.2, 0.25) is 0 Å². The Kier molecular flexibility index (Phi) is 6.66. The fourth-order valence-electron chi connectivity index (χ4n) is 0.926. The van der Waals surface area contributed by atoms with Crippen LogP contribution in [0.25, 0.3) is 0 Å². The van der Waals surface area contributed by atoms with Gasteiger partial charge in [0.1, 0.15) is 11.6 Å². The van der Waals surface area contributed by atoms with Crippen LogP contribution in [0, 0.1) is 10.8 Å². The lowest BCUT2D eigenvalue weighted by Crippen LogP contribution is -2.43. The maximum Gasteiger partial charge on any atom is 0.408 e. The molecule has 0 aliphatic carbocycles. The molecule has 1 unspecified atom stereocenters. The number of methoxy groups -OCH3 is 1. The molecule has 1 N–H and O–H groups in total. The van der Waals surface area contributed by atoms with Crippen LogP contribution in [0.1, 0.15) is 27.2 Å². The molecule has 0 saturated heterocycles. The van der Waals surface area contributed by atoms with Gasteiger partial charge in [0.25, 0.3) is 0 Å². The Morgan fingerprint density at radius 2 is 2.00 bits per heavy atom. The molecule has 0 fully saturated rings. The Balaban J connectivity index is 4.46. The normalized spacial score (nSPS) is 11.8. The number of hydrogen-bond donors (Lipinski definition) is 1. The molecule has 0 saturated carbocycles. The van der Waals surface area contributed by atoms with Gasteiger partial charge in [0.2, 0.25) is 0 Å². The fourth-order valence-corrected chi connectivity index (χ4v) is 1.09. The summed E-state index contributed by atoms with van der Waals surface area (Å²) in [5, 5.41) is 2.40. The Labute approximate surface area is 109 Å². The summed E-state index contributed by atoms with van der Waals surface area (Å²) >= 11 is 2.91. The van der Waals surface area contributed by atoms with Gasteiger partial charge in [0, 0.05) is 22.4 Å². The average Bonchev–Trinajstić information content (AvgIpc) is 2.20. The number of amides is 1. The third-order valence-electron chi connectivity index (χ3n) is 1.55. The average molecular weight is 306 g/mol. The number of alkyl carbamates (subject to hydrolysis) is 1. The van der Waals surface area contributed by atoms with Crippen LogP contribution in [-0.4, -0.2) is 30.8 Å². The molecular weight excluding hydrogens is 290 g/mol. The SMILES string of the molecule is COC(=O)C(CC#CBr)NC(=O)OC(C)(C)C. The van der Waals surface area contributed by atoms with Crippen LogP contribution in [0.15, 0.2) is 0 Å². The van der Waals surface area contributed by atoms with Gasteiger partial charge in [-0.15, -0.1) is 0 Å². The van der Waals surface area contributed by atoms with E-state index in [0.717, 1.165) is 0 Å². The fraction of sp³-hybridized carbons (Fsp3) is 0.636. The van der Waals surface area contributed by atoms with Crippen LogP contribution in [0.4, 0.5) is 4.79 Å². The van der Waals surface area contributed by atoms with E-state index in [9.17, 15) is 9.59 Å². The summed E-state index contributed by atoms with van der Waals surface area (Å²) < 4.78 is 9.57. The zero-order valence-electron chi connectivity index (χ0n) is 10.3. The van der Waals surface area contributed by atoms with Crippen molar-refractivity contribution in [1.82, 2.24) is 5.32 Å². The standard InChI is InChI=1S/C11H16BrNO4/c1-11(2,3)17-10(15)13-8(6-5-7-12)9(14)16-4/h8H,6H2,1-4H3,(H,13,15). The van der Waals surface area contributed by atoms with Crippen LogP contribution < -0.4 is 5.32 Å². The lowest BCUT2D eigenvalue weighted by molar-refractivity contribution is -0.143. The van der Waals surface area contributed by atoms with Crippen molar-refractivity contribution in [1.29, 1.82) is 0 Å². The van der Waals surface area contributed by atoms with Crippen molar-refractivity contribution in [3.05, 3.63) is 0 Å². The molecule has 0 heterocycles. The molecule has 0 aliphatic heterocycles. The van der Waals surface area contributed by atoms with Crippen molar-refractivity contribution >= 4 is 28.0 Å². The molecule has 0 aliphatic rings. The molecule has 0 aromatic heterocycles. The second kappa shape index (κ2) is 7.17. The van der Waals surface area contributed by atoms with E-state index in [1.54, 1.807) is 20.8 Å². The minimum Gasteiger partial charge on any atom is -0.467 e. The summed E-state index contributed by atoms with van der Waals surface area (Å²) in [5.74, 6) is 2.06. The Hall–Kier alpha value is -1.22. The van der Waals surface area contributed by atoms with Gasteiger partial charge in [-0.25, -0.2) is 9.59 Å². The summed E-state index contributed by atoms with van der Waals surface area (Å²) in [7, 11) is 1.24. The number of ether oxygens (including phenoxy) is 2. The van der Waals surface area contributed by atoms with Gasteiger partial charge in [-0.2, -0.15) is 0 Å². The van der Waals surface area contributed by atoms with E-state index in [-0.39, 0.29) is 6.42 Å². The first-order chi connectivity index (χ1) is 7.80. The first kappa shape index (κ1) is 15.8. The Bertz CT molecular complexity index is 338. The van der Waals surface area contributed by atoms with Crippen molar-refractivity contribution in [3.63, 3.8) is 0 Å². The van der Waals surface area contributed by atoms with E-state index >= 15 is 0 Å². The van der Waals surface area contributed by atoms with Crippen LogP contribution in [-0.2, 0) is 14.3 Å². The van der Waals surface area contributed by atoms with Gasteiger partial charge in [-0.05, 0) is 25.6 Å². The summed E-state index contributed by atoms with van der Waals surface area (Å²) in [6.07, 6.45) is -0.527. The van der Waals surface area contributed by atoms with Crippen LogP contribution in [0.5, 0.6) is 0 Å². The summed E-state index contributed by atoms with van der Waals surface area (Å²) in [4.78, 5) is 25.3. The second-order valence-corrected chi connectivity index (χ2v) is 4.59. The molecule has 96 valence electrons. The Morgan fingerprint density at radius 1 is 1.41 bits per heavy atom. The first-order valence-electron chi connectivity index (χ1n) is 4.96. The number of carbonyl (C=O) groups excluding carboxylic acids is 2. The maximum atomic E-state index is 11.5. The number of halogens is 1. The third-order valence-corrected chi connectivity index (χ3v) is 1.83. The molecule has 0 rings (SSSR count). The van der Waals surface area contributed by atoms with E-state index < -0.39 is 23.7 Å². The highest BCUT2D eigenvalue weighted by atomic mass is 79.9. The number of carbonyl (C=O) groups is 2. The molecule has 0 spiro atoms. The van der Waals surface area contributed by atoms with Gasteiger partial charge < -0.3 is 14.8 Å². The number of hydrogen-bond acceptors (Lipinski definition) is 4. The maximum absolute atomic E-state index is 11.5.